The molecule has 0 N–H and O–H groups in total. The summed E-state index contributed by atoms with van der Waals surface area (Å²) in [4.78, 5) is 15.4. The van der Waals surface area contributed by atoms with Crippen LogP contribution in [-0.2, 0) is 5.41 Å². The first-order valence-electron chi connectivity index (χ1n) is 18.9. The molecule has 0 unspecified atom stereocenters. The number of hydrogen-bond acceptors (Lipinski definition) is 4. The van der Waals surface area contributed by atoms with Crippen LogP contribution in [-0.4, -0.2) is 15.0 Å². The van der Waals surface area contributed by atoms with Crippen molar-refractivity contribution in [2.75, 3.05) is 0 Å². The average Bonchev–Trinajstić information content (AvgIpc) is 3.80. The van der Waals surface area contributed by atoms with E-state index < -0.39 is 5.41 Å². The van der Waals surface area contributed by atoms with E-state index in [1.165, 1.54) is 59.1 Å². The van der Waals surface area contributed by atoms with Crippen molar-refractivity contribution < 1.29 is 0 Å². The first-order chi connectivity index (χ1) is 27.7. The Kier molecular flexibility index (Phi) is 7.58. The van der Waals surface area contributed by atoms with Crippen LogP contribution >= 0.6 is 11.3 Å². The van der Waals surface area contributed by atoms with Gasteiger partial charge >= 0.3 is 0 Å². The molecule has 11 rings (SSSR count). The molecule has 1 aliphatic rings. The predicted octanol–water partition coefficient (Wildman–Crippen LogP) is 13.3. The van der Waals surface area contributed by atoms with E-state index in [1.54, 1.807) is 0 Å². The molecule has 0 amide bonds. The van der Waals surface area contributed by atoms with Gasteiger partial charge in [-0.1, -0.05) is 182 Å². The molecule has 0 saturated heterocycles. The van der Waals surface area contributed by atoms with Crippen molar-refractivity contribution in [1.29, 1.82) is 0 Å². The number of rotatable bonds is 6. The van der Waals surface area contributed by atoms with E-state index in [1.807, 2.05) is 29.5 Å². The average molecular weight is 732 g/mol. The molecule has 0 radical (unpaired) electrons. The maximum atomic E-state index is 5.18. The zero-order valence-corrected chi connectivity index (χ0v) is 31.1. The standard InChI is InChI=1S/C52H33N3S/c1-4-14-35(15-5-1)49-53-50(36-26-24-34(25-27-36)37-28-30-43-42-21-11-13-23-47(42)56-48(43)33-37)55-51(54-49)38-29-31-46-44(32-38)41-20-10-12-22-45(41)52(46,39-16-6-2-7-17-39)40-18-8-3-9-19-40/h1-33H. The fraction of sp³-hybridized carbons (Fsp3) is 0.0192. The summed E-state index contributed by atoms with van der Waals surface area (Å²) in [6.45, 7) is 0. The van der Waals surface area contributed by atoms with Crippen molar-refractivity contribution in [2.45, 2.75) is 5.41 Å². The number of fused-ring (bicyclic) bond motifs is 6. The van der Waals surface area contributed by atoms with E-state index in [-0.39, 0.29) is 0 Å². The molecule has 0 atom stereocenters. The van der Waals surface area contributed by atoms with E-state index in [0.717, 1.165) is 22.3 Å². The summed E-state index contributed by atoms with van der Waals surface area (Å²) in [6.07, 6.45) is 0. The summed E-state index contributed by atoms with van der Waals surface area (Å²) >= 11 is 1.84. The van der Waals surface area contributed by atoms with Crippen molar-refractivity contribution in [1.82, 2.24) is 15.0 Å². The van der Waals surface area contributed by atoms with Crippen LogP contribution in [0.3, 0.4) is 0 Å². The van der Waals surface area contributed by atoms with Crippen LogP contribution in [0.2, 0.25) is 0 Å². The maximum absolute atomic E-state index is 5.18. The molecule has 262 valence electrons. The second kappa shape index (κ2) is 13.1. The van der Waals surface area contributed by atoms with Gasteiger partial charge in [0, 0.05) is 36.9 Å². The summed E-state index contributed by atoms with van der Waals surface area (Å²) in [7, 11) is 0. The van der Waals surface area contributed by atoms with Crippen molar-refractivity contribution in [3.05, 3.63) is 222 Å². The van der Waals surface area contributed by atoms with Gasteiger partial charge in [0.1, 0.15) is 0 Å². The van der Waals surface area contributed by atoms with Gasteiger partial charge in [0.15, 0.2) is 17.5 Å². The van der Waals surface area contributed by atoms with Gasteiger partial charge in [-0.05, 0) is 62.7 Å². The number of nitrogens with zero attached hydrogens (tertiary/aromatic N) is 3. The third-order valence-electron chi connectivity index (χ3n) is 11.2. The monoisotopic (exact) mass is 731 g/mol. The lowest BCUT2D eigenvalue weighted by Gasteiger charge is -2.33. The fourth-order valence-electron chi connectivity index (χ4n) is 8.66. The van der Waals surface area contributed by atoms with E-state index in [0.29, 0.717) is 17.5 Å². The molecule has 0 saturated carbocycles. The Hall–Kier alpha value is -7.01. The van der Waals surface area contributed by atoms with Gasteiger partial charge < -0.3 is 0 Å². The molecule has 0 bridgehead atoms. The molecule has 1 aliphatic carbocycles. The van der Waals surface area contributed by atoms with Gasteiger partial charge in [0.2, 0.25) is 0 Å². The Morgan fingerprint density at radius 2 is 0.821 bits per heavy atom. The predicted molar refractivity (Wildman–Crippen MR) is 232 cm³/mol. The first-order valence-corrected chi connectivity index (χ1v) is 19.8. The molecule has 0 aliphatic heterocycles. The second-order valence-corrected chi connectivity index (χ2v) is 15.4. The minimum atomic E-state index is -0.463. The zero-order chi connectivity index (χ0) is 37.1. The molecule has 10 aromatic rings. The number of hydrogen-bond donors (Lipinski definition) is 0. The van der Waals surface area contributed by atoms with E-state index >= 15 is 0 Å². The lowest BCUT2D eigenvalue weighted by atomic mass is 9.67. The Labute approximate surface area is 329 Å². The molecule has 0 spiro atoms. The highest BCUT2D eigenvalue weighted by molar-refractivity contribution is 7.25. The largest absolute Gasteiger partial charge is 0.208 e. The quantitative estimate of drug-likeness (QED) is 0.171. The minimum absolute atomic E-state index is 0.463. The summed E-state index contributed by atoms with van der Waals surface area (Å²) in [6, 6.07) is 71.6. The van der Waals surface area contributed by atoms with Crippen LogP contribution in [0.4, 0.5) is 0 Å². The molecule has 2 heterocycles. The Morgan fingerprint density at radius 3 is 1.54 bits per heavy atom. The van der Waals surface area contributed by atoms with E-state index in [2.05, 4.69) is 182 Å². The summed E-state index contributed by atoms with van der Waals surface area (Å²) in [5.74, 6) is 1.93. The lowest BCUT2D eigenvalue weighted by Crippen LogP contribution is -2.28. The topological polar surface area (TPSA) is 38.7 Å². The van der Waals surface area contributed by atoms with E-state index in [9.17, 15) is 0 Å². The van der Waals surface area contributed by atoms with Crippen LogP contribution in [0.5, 0.6) is 0 Å². The zero-order valence-electron chi connectivity index (χ0n) is 30.3. The van der Waals surface area contributed by atoms with Crippen LogP contribution in [0.1, 0.15) is 22.3 Å². The molecule has 8 aromatic carbocycles. The van der Waals surface area contributed by atoms with Crippen molar-refractivity contribution in [3.8, 4) is 56.4 Å². The maximum Gasteiger partial charge on any atom is 0.164 e. The van der Waals surface area contributed by atoms with E-state index in [4.69, 9.17) is 15.0 Å². The summed E-state index contributed by atoms with van der Waals surface area (Å²) in [5, 5.41) is 2.62. The number of thiophene rings is 1. The van der Waals surface area contributed by atoms with Gasteiger partial charge in [-0.25, -0.2) is 15.0 Å². The third kappa shape index (κ3) is 5.14. The summed E-state index contributed by atoms with van der Waals surface area (Å²) in [5.41, 5.74) is 12.1. The smallest absolute Gasteiger partial charge is 0.164 e. The number of benzene rings is 8. The first kappa shape index (κ1) is 32.4. The van der Waals surface area contributed by atoms with Crippen LogP contribution < -0.4 is 0 Å². The van der Waals surface area contributed by atoms with Gasteiger partial charge in [0.25, 0.3) is 0 Å². The molecule has 2 aromatic heterocycles. The van der Waals surface area contributed by atoms with Crippen LogP contribution in [0, 0.1) is 0 Å². The minimum Gasteiger partial charge on any atom is -0.208 e. The number of aromatic nitrogens is 3. The highest BCUT2D eigenvalue weighted by atomic mass is 32.1. The second-order valence-electron chi connectivity index (χ2n) is 14.3. The van der Waals surface area contributed by atoms with Crippen LogP contribution in [0.15, 0.2) is 200 Å². The fourth-order valence-corrected chi connectivity index (χ4v) is 9.80. The van der Waals surface area contributed by atoms with Crippen molar-refractivity contribution in [2.24, 2.45) is 0 Å². The highest BCUT2D eigenvalue weighted by Gasteiger charge is 2.46. The molecular weight excluding hydrogens is 699 g/mol. The molecule has 3 nitrogen and oxygen atoms in total. The normalized spacial score (nSPS) is 12.8. The van der Waals surface area contributed by atoms with Gasteiger partial charge in [-0.3, -0.25) is 0 Å². The van der Waals surface area contributed by atoms with Crippen molar-refractivity contribution in [3.63, 3.8) is 0 Å². The molecule has 4 heteroatoms. The molecule has 0 fully saturated rings. The van der Waals surface area contributed by atoms with Crippen LogP contribution in [0.25, 0.3) is 76.6 Å². The Morgan fingerprint density at radius 1 is 0.321 bits per heavy atom. The molecule has 56 heavy (non-hydrogen) atoms. The van der Waals surface area contributed by atoms with Crippen molar-refractivity contribution >= 4 is 31.5 Å². The van der Waals surface area contributed by atoms with Gasteiger partial charge in [-0.15, -0.1) is 11.3 Å². The summed E-state index contributed by atoms with van der Waals surface area (Å²) < 4.78 is 2.61. The Balaban J connectivity index is 1.04. The highest BCUT2D eigenvalue weighted by Crippen LogP contribution is 2.56. The lowest BCUT2D eigenvalue weighted by molar-refractivity contribution is 0.768. The SMILES string of the molecule is c1ccc(-c2nc(-c3ccc(-c4ccc5c(c4)sc4ccccc45)cc3)nc(-c3ccc4c(c3)-c3ccccc3C4(c3ccccc3)c3ccccc3)n2)cc1. The third-order valence-corrected chi connectivity index (χ3v) is 12.4. The van der Waals surface area contributed by atoms with Gasteiger partial charge in [0.05, 0.1) is 5.41 Å². The van der Waals surface area contributed by atoms with Gasteiger partial charge in [-0.2, -0.15) is 0 Å². The Bertz CT molecular complexity index is 3020. The molecular formula is C52H33N3S.